The first-order chi connectivity index (χ1) is 39.7. The molecule has 488 valence electrons. The van der Waals surface area contributed by atoms with Crippen LogP contribution in [0.25, 0.3) is 0 Å². The summed E-state index contributed by atoms with van der Waals surface area (Å²) in [5.74, 6) is -1.61. The third-order valence-electron chi connectivity index (χ3n) is 15.3. The molecule has 0 spiro atoms. The van der Waals surface area contributed by atoms with Crippen molar-refractivity contribution in [3.8, 4) is 0 Å². The molecule has 7 aliphatic rings. The lowest BCUT2D eigenvalue weighted by molar-refractivity contribution is -0.387. The number of aliphatic hydroxyl groups is 21. The predicted molar refractivity (Wildman–Crippen MR) is 255 cm³/mol. The standard InChI is InChI=1S/C46H78N2O36/c1-10(54)47-19-26(61)36(15(6-52)74-40(19)71)81-41-20(48-11(2)55)27(62)37(16(7-53)78-41)82-46-35(70)39(84-45-33(68)30(65)23(58)14(5-51)77-45)25(60)18(80-46)9-73-43-34(69)38(83-44-32(67)29(64)22(57)13(4-50)76-44)24(59)17(79-43)8-72-42-31(66)28(63)21(56)12(3-49)75-42/h12-46,49-53,56-71H,3-9H2,1-2H3,(H,47,54)(H,48,55)/t12-,13-,14-,15-,16-,17-,18-,19-,20-,21-,22-,23-,24-,25-,26-,27-,28+,29+,30+,31+,32+,33+,34+,35+,36-,37-,38+,39+,40-,41+,42+,43+,44-,45-,46+/m1/s1. The summed E-state index contributed by atoms with van der Waals surface area (Å²) in [5, 5.41) is 231. The molecule has 0 radical (unpaired) electrons. The van der Waals surface area contributed by atoms with Crippen molar-refractivity contribution in [3.05, 3.63) is 0 Å². The van der Waals surface area contributed by atoms with Crippen molar-refractivity contribution in [1.29, 1.82) is 0 Å². The number of nitrogens with one attached hydrogen (secondary N) is 2. The first-order valence-electron chi connectivity index (χ1n) is 26.6. The highest BCUT2D eigenvalue weighted by molar-refractivity contribution is 5.73. The molecule has 23 N–H and O–H groups in total. The normalized spacial score (nSPS) is 50.3. The van der Waals surface area contributed by atoms with Gasteiger partial charge in [0.05, 0.1) is 46.2 Å². The molecule has 7 heterocycles. The van der Waals surface area contributed by atoms with E-state index in [0.717, 1.165) is 13.8 Å². The second kappa shape index (κ2) is 29.9. The highest BCUT2D eigenvalue weighted by Gasteiger charge is 2.58. The van der Waals surface area contributed by atoms with Gasteiger partial charge in [0.2, 0.25) is 11.8 Å². The van der Waals surface area contributed by atoms with E-state index in [1.54, 1.807) is 0 Å². The first kappa shape index (κ1) is 69.1. The van der Waals surface area contributed by atoms with Crippen molar-refractivity contribution in [2.24, 2.45) is 0 Å². The van der Waals surface area contributed by atoms with Crippen LogP contribution in [0.15, 0.2) is 0 Å². The molecule has 84 heavy (non-hydrogen) atoms. The van der Waals surface area contributed by atoms with Gasteiger partial charge in [-0.1, -0.05) is 0 Å². The van der Waals surface area contributed by atoms with Gasteiger partial charge in [0, 0.05) is 13.8 Å². The molecule has 0 aromatic rings. The summed E-state index contributed by atoms with van der Waals surface area (Å²) >= 11 is 0. The van der Waals surface area contributed by atoms with Crippen LogP contribution in [0.5, 0.6) is 0 Å². The number of ether oxygens (including phenoxy) is 13. The number of rotatable bonds is 21. The maximum atomic E-state index is 12.7. The minimum Gasteiger partial charge on any atom is -0.394 e. The Balaban J connectivity index is 1.17. The molecule has 35 atom stereocenters. The number of carbonyl (C=O) groups is 2. The van der Waals surface area contributed by atoms with Crippen molar-refractivity contribution in [1.82, 2.24) is 10.6 Å². The molecule has 7 aliphatic heterocycles. The van der Waals surface area contributed by atoms with Crippen LogP contribution < -0.4 is 10.6 Å². The van der Waals surface area contributed by atoms with Gasteiger partial charge < -0.3 is 179 Å². The zero-order valence-electron chi connectivity index (χ0n) is 44.7. The molecule has 0 aliphatic carbocycles. The lowest BCUT2D eigenvalue weighted by Crippen LogP contribution is -2.70. The van der Waals surface area contributed by atoms with E-state index in [4.69, 9.17) is 61.6 Å². The van der Waals surface area contributed by atoms with E-state index >= 15 is 0 Å². The third-order valence-corrected chi connectivity index (χ3v) is 15.3. The van der Waals surface area contributed by atoms with Gasteiger partial charge in [-0.05, 0) is 0 Å². The average Bonchev–Trinajstić information content (AvgIpc) is 1.85. The molecule has 0 bridgehead atoms. The van der Waals surface area contributed by atoms with Gasteiger partial charge in [0.1, 0.15) is 171 Å². The number of hydrogen-bond donors (Lipinski definition) is 23. The smallest absolute Gasteiger partial charge is 0.217 e. The number of aliphatic hydroxyl groups excluding tert-OH is 21. The Bertz CT molecular complexity index is 2060. The molecule has 0 saturated carbocycles. The van der Waals surface area contributed by atoms with Gasteiger partial charge in [0.25, 0.3) is 0 Å². The molecule has 0 unspecified atom stereocenters. The SMILES string of the molecule is CC(=O)N[C@@H]1[C@@H](O)[C@H](O[C@@H]2O[C@H](CO)[C@@H](O[C@@H]3O[C@H](CO[C@H]4O[C@H](CO[C@H]5O[C@H](CO)[C@@H](O)[C@H](O)[C@@H]5O)[C@@H](O)[C@H](O[C@H]5O[C@H](CO)[C@@H](O)[C@H](O)[C@@H]5O)[C@@H]4O)[C@@H](O)[C@H](O[C@H]4O[C@H](CO)[C@@H](O)[C@H](O)[C@@H]4O)[C@@H]3O)[C@H](O)[C@H]2NC(C)=O)[C@@H](CO)O[C@H]1O. The Kier molecular flexibility index (Phi) is 24.6. The zero-order chi connectivity index (χ0) is 61.9. The van der Waals surface area contributed by atoms with Crippen LogP contribution >= 0.6 is 0 Å². The summed E-state index contributed by atoms with van der Waals surface area (Å²) in [6, 6.07) is -3.37. The van der Waals surface area contributed by atoms with E-state index in [0.29, 0.717) is 0 Å². The monoisotopic (exact) mass is 1230 g/mol. The van der Waals surface area contributed by atoms with Crippen molar-refractivity contribution < 1.29 is 178 Å². The van der Waals surface area contributed by atoms with E-state index < -0.39 is 273 Å². The predicted octanol–water partition coefficient (Wildman–Crippen LogP) is -16.0. The summed E-state index contributed by atoms with van der Waals surface area (Å²) in [4.78, 5) is 24.6. The van der Waals surface area contributed by atoms with Crippen LogP contribution in [0.1, 0.15) is 13.8 Å². The molecule has 0 aromatic heterocycles. The largest absolute Gasteiger partial charge is 0.394 e. The fourth-order valence-corrected chi connectivity index (χ4v) is 10.6. The molecular formula is C46H78N2O36. The third kappa shape index (κ3) is 14.9. The fraction of sp³-hybridized carbons (Fsp3) is 0.957. The summed E-state index contributed by atoms with van der Waals surface area (Å²) in [6.45, 7) is -4.78. The van der Waals surface area contributed by atoms with Crippen molar-refractivity contribution in [2.45, 2.75) is 229 Å². The number of hydrogen-bond acceptors (Lipinski definition) is 36. The van der Waals surface area contributed by atoms with Crippen molar-refractivity contribution in [3.63, 3.8) is 0 Å². The Morgan fingerprint density at radius 2 is 0.607 bits per heavy atom. The van der Waals surface area contributed by atoms with Crippen molar-refractivity contribution >= 4 is 11.8 Å². The summed E-state index contributed by atoms with van der Waals surface area (Å²) in [7, 11) is 0. The maximum absolute atomic E-state index is 12.7. The minimum atomic E-state index is -2.34. The van der Waals surface area contributed by atoms with Gasteiger partial charge in [-0.15, -0.1) is 0 Å². The van der Waals surface area contributed by atoms with Gasteiger partial charge >= 0.3 is 0 Å². The Morgan fingerprint density at radius 1 is 0.310 bits per heavy atom. The molecular weight excluding hydrogens is 1160 g/mol. The lowest BCUT2D eigenvalue weighted by atomic mass is 9.94. The van der Waals surface area contributed by atoms with Crippen LogP contribution in [0, 0.1) is 0 Å². The van der Waals surface area contributed by atoms with Gasteiger partial charge in [-0.2, -0.15) is 0 Å². The topological polar surface area (TPSA) is 603 Å². The zero-order valence-corrected chi connectivity index (χ0v) is 44.7. The molecule has 2 amide bonds. The molecule has 7 saturated heterocycles. The Hall–Kier alpha value is -2.42. The highest BCUT2D eigenvalue weighted by Crippen LogP contribution is 2.37. The fourth-order valence-electron chi connectivity index (χ4n) is 10.6. The Labute approximate surface area is 475 Å². The van der Waals surface area contributed by atoms with Gasteiger partial charge in [-0.3, -0.25) is 9.59 Å². The van der Waals surface area contributed by atoms with Crippen LogP contribution in [0.2, 0.25) is 0 Å². The summed E-state index contributed by atoms with van der Waals surface area (Å²) < 4.78 is 74.3. The molecule has 38 nitrogen and oxygen atoms in total. The van der Waals surface area contributed by atoms with E-state index in [9.17, 15) is 117 Å². The second-order valence-corrected chi connectivity index (χ2v) is 21.1. The van der Waals surface area contributed by atoms with E-state index in [2.05, 4.69) is 10.6 Å². The van der Waals surface area contributed by atoms with Crippen LogP contribution in [0.4, 0.5) is 0 Å². The van der Waals surface area contributed by atoms with E-state index in [1.165, 1.54) is 0 Å². The molecule has 0 aromatic carbocycles. The maximum Gasteiger partial charge on any atom is 0.217 e. The van der Waals surface area contributed by atoms with Crippen LogP contribution in [-0.2, 0) is 71.2 Å². The van der Waals surface area contributed by atoms with Crippen molar-refractivity contribution in [2.75, 3.05) is 46.2 Å². The lowest BCUT2D eigenvalue weighted by Gasteiger charge is -2.50. The number of amides is 2. The molecule has 7 fully saturated rings. The van der Waals surface area contributed by atoms with E-state index in [1.807, 2.05) is 0 Å². The number of carbonyl (C=O) groups excluding carboxylic acids is 2. The van der Waals surface area contributed by atoms with E-state index in [-0.39, 0.29) is 0 Å². The summed E-state index contributed by atoms with van der Waals surface area (Å²) in [6.07, 6.45) is -65.1. The molecule has 7 rings (SSSR count). The van der Waals surface area contributed by atoms with Crippen LogP contribution in [0.3, 0.4) is 0 Å². The average molecular weight is 1240 g/mol. The second-order valence-electron chi connectivity index (χ2n) is 21.1. The quantitative estimate of drug-likeness (QED) is 0.0507. The first-order valence-corrected chi connectivity index (χ1v) is 26.6. The van der Waals surface area contributed by atoms with Gasteiger partial charge in [-0.25, -0.2) is 0 Å². The highest BCUT2D eigenvalue weighted by atomic mass is 16.8. The van der Waals surface area contributed by atoms with Gasteiger partial charge in [0.15, 0.2) is 44.0 Å². The van der Waals surface area contributed by atoms with Crippen LogP contribution in [-0.4, -0.2) is 380 Å². The Morgan fingerprint density at radius 3 is 1.04 bits per heavy atom. The summed E-state index contributed by atoms with van der Waals surface area (Å²) in [5.41, 5.74) is 0. The molecule has 38 heteroatoms. The minimum absolute atomic E-state index is 0.738.